The van der Waals surface area contributed by atoms with Crippen LogP contribution >= 0.6 is 7.82 Å². The Morgan fingerprint density at radius 1 is 0.534 bits per heavy atom. The van der Waals surface area contributed by atoms with Crippen LogP contribution < -0.4 is 5.32 Å². The molecule has 0 fully saturated rings. The number of rotatable bonds is 43. The van der Waals surface area contributed by atoms with Gasteiger partial charge in [-0.3, -0.25) is 18.6 Å². The van der Waals surface area contributed by atoms with E-state index in [9.17, 15) is 19.0 Å². The van der Waals surface area contributed by atoms with Crippen LogP contribution in [0.2, 0.25) is 0 Å². The Kier molecular flexibility index (Phi) is 42.5. The molecule has 0 radical (unpaired) electrons. The molecule has 0 spiro atoms. The minimum atomic E-state index is -4.37. The van der Waals surface area contributed by atoms with Crippen LogP contribution in [0, 0.1) is 0 Å². The van der Waals surface area contributed by atoms with E-state index in [-0.39, 0.29) is 26.1 Å². The molecule has 0 saturated heterocycles. The fraction of sp³-hybridized carbons (Fsp3) is 0.750. The molecule has 0 aromatic rings. The second kappa shape index (κ2) is 44.3. The van der Waals surface area contributed by atoms with Crippen LogP contribution in [0.1, 0.15) is 194 Å². The first-order chi connectivity index (χ1) is 28.3. The van der Waals surface area contributed by atoms with Crippen molar-refractivity contribution in [2.75, 3.05) is 33.4 Å². The summed E-state index contributed by atoms with van der Waals surface area (Å²) in [5.41, 5.74) is 0. The Morgan fingerprint density at radius 3 is 1.45 bits per heavy atom. The highest BCUT2D eigenvalue weighted by molar-refractivity contribution is 7.47. The summed E-state index contributed by atoms with van der Waals surface area (Å²) in [7, 11) is -2.67. The monoisotopic (exact) mass is 836 g/mol. The molecular formula is C48H86NO8P. The third-order valence-corrected chi connectivity index (χ3v) is 10.6. The molecule has 0 aliphatic rings. The average Bonchev–Trinajstić information content (AvgIpc) is 3.21. The van der Waals surface area contributed by atoms with Crippen LogP contribution in [-0.2, 0) is 32.7 Å². The summed E-state index contributed by atoms with van der Waals surface area (Å²) in [4.78, 5) is 35.1. The van der Waals surface area contributed by atoms with E-state index >= 15 is 0 Å². The number of phosphoric acid groups is 1. The third-order valence-electron chi connectivity index (χ3n) is 9.65. The molecule has 0 aromatic carbocycles. The summed E-state index contributed by atoms with van der Waals surface area (Å²) in [6.45, 7) is 4.13. The molecule has 0 aliphatic heterocycles. The van der Waals surface area contributed by atoms with Gasteiger partial charge in [0.05, 0.1) is 13.2 Å². The van der Waals surface area contributed by atoms with Crippen LogP contribution in [0.15, 0.2) is 60.8 Å². The summed E-state index contributed by atoms with van der Waals surface area (Å²) in [6, 6.07) is 0. The van der Waals surface area contributed by atoms with Crippen molar-refractivity contribution in [2.24, 2.45) is 0 Å². The second-order valence-corrected chi connectivity index (χ2v) is 16.7. The number of esters is 2. The molecule has 58 heavy (non-hydrogen) atoms. The predicted octanol–water partition coefficient (Wildman–Crippen LogP) is 13.5. The highest BCUT2D eigenvalue weighted by Gasteiger charge is 2.26. The van der Waals surface area contributed by atoms with E-state index in [1.54, 1.807) is 7.05 Å². The third kappa shape index (κ3) is 43.3. The van der Waals surface area contributed by atoms with Crippen molar-refractivity contribution in [2.45, 2.75) is 200 Å². The van der Waals surface area contributed by atoms with Crippen LogP contribution in [0.25, 0.3) is 0 Å². The second-order valence-electron chi connectivity index (χ2n) is 15.2. The van der Waals surface area contributed by atoms with Crippen molar-refractivity contribution >= 4 is 19.8 Å². The number of nitrogens with one attached hydrogen (secondary N) is 1. The molecule has 336 valence electrons. The lowest BCUT2D eigenvalue weighted by Crippen LogP contribution is -2.29. The van der Waals surface area contributed by atoms with E-state index in [0.29, 0.717) is 19.4 Å². The topological polar surface area (TPSA) is 120 Å². The SMILES string of the molecule is CCCCC/C=C\C/C=C\C/C=C\C/C=C\C/C=C\CCC(=O)OCC(COP(=O)(O)OCCNC)OC(=O)CCCCCCCCCCCCCCCCCCC. The van der Waals surface area contributed by atoms with Crippen molar-refractivity contribution in [1.29, 1.82) is 0 Å². The van der Waals surface area contributed by atoms with E-state index < -0.39 is 32.5 Å². The molecule has 2 N–H and O–H groups in total. The van der Waals surface area contributed by atoms with Crippen LogP contribution in [-0.4, -0.2) is 56.3 Å². The minimum Gasteiger partial charge on any atom is -0.462 e. The van der Waals surface area contributed by atoms with Crippen LogP contribution in [0.4, 0.5) is 0 Å². The van der Waals surface area contributed by atoms with Gasteiger partial charge in [0.1, 0.15) is 6.61 Å². The van der Waals surface area contributed by atoms with Gasteiger partial charge in [0.15, 0.2) is 6.10 Å². The van der Waals surface area contributed by atoms with E-state index in [1.165, 1.54) is 109 Å². The van der Waals surface area contributed by atoms with Crippen molar-refractivity contribution < 1.29 is 37.6 Å². The van der Waals surface area contributed by atoms with Crippen molar-refractivity contribution in [3.63, 3.8) is 0 Å². The van der Waals surface area contributed by atoms with Crippen molar-refractivity contribution in [3.05, 3.63) is 60.8 Å². The Labute approximate surface area is 355 Å². The number of hydrogen-bond acceptors (Lipinski definition) is 8. The number of carbonyl (C=O) groups is 2. The smallest absolute Gasteiger partial charge is 0.462 e. The molecule has 9 nitrogen and oxygen atoms in total. The summed E-state index contributed by atoms with van der Waals surface area (Å²) in [6.07, 6.45) is 51.4. The molecular weight excluding hydrogens is 750 g/mol. The number of phosphoric ester groups is 1. The van der Waals surface area contributed by atoms with E-state index in [2.05, 4.69) is 67.8 Å². The lowest BCUT2D eigenvalue weighted by Gasteiger charge is -2.20. The Bertz CT molecular complexity index is 1130. The number of allylic oxidation sites excluding steroid dienone is 10. The Hall–Kier alpha value is -2.29. The lowest BCUT2D eigenvalue weighted by atomic mass is 10.0. The van der Waals surface area contributed by atoms with Gasteiger partial charge in [-0.1, -0.05) is 190 Å². The fourth-order valence-electron chi connectivity index (χ4n) is 6.12. The van der Waals surface area contributed by atoms with Gasteiger partial charge >= 0.3 is 19.8 Å². The van der Waals surface area contributed by atoms with Gasteiger partial charge < -0.3 is 19.7 Å². The molecule has 2 atom stereocenters. The van der Waals surface area contributed by atoms with E-state index in [4.69, 9.17) is 18.5 Å². The average molecular weight is 836 g/mol. The fourth-order valence-corrected chi connectivity index (χ4v) is 6.88. The molecule has 0 rings (SSSR count). The first kappa shape index (κ1) is 55.7. The van der Waals surface area contributed by atoms with Gasteiger partial charge in [0, 0.05) is 19.4 Å². The summed E-state index contributed by atoms with van der Waals surface area (Å²) in [5, 5.41) is 2.82. The molecule has 0 aliphatic carbocycles. The number of likely N-dealkylation sites (N-methyl/N-ethyl adjacent to an activating group) is 1. The van der Waals surface area contributed by atoms with Crippen LogP contribution in [0.5, 0.6) is 0 Å². The minimum absolute atomic E-state index is 0.0288. The number of carbonyl (C=O) groups excluding carboxylic acids is 2. The van der Waals surface area contributed by atoms with Gasteiger partial charge in [-0.2, -0.15) is 0 Å². The largest absolute Gasteiger partial charge is 0.472 e. The zero-order valence-electron chi connectivity index (χ0n) is 37.2. The van der Waals surface area contributed by atoms with Gasteiger partial charge in [-0.15, -0.1) is 0 Å². The van der Waals surface area contributed by atoms with E-state index in [1.807, 2.05) is 12.2 Å². The van der Waals surface area contributed by atoms with Gasteiger partial charge in [0.25, 0.3) is 0 Å². The number of unbranched alkanes of at least 4 members (excludes halogenated alkanes) is 19. The maximum atomic E-state index is 12.6. The summed E-state index contributed by atoms with van der Waals surface area (Å²) >= 11 is 0. The molecule has 2 unspecified atom stereocenters. The highest BCUT2D eigenvalue weighted by atomic mass is 31.2. The normalized spacial score (nSPS) is 13.8. The molecule has 0 bridgehead atoms. The van der Waals surface area contributed by atoms with E-state index in [0.717, 1.165) is 44.9 Å². The Morgan fingerprint density at radius 2 is 0.966 bits per heavy atom. The zero-order chi connectivity index (χ0) is 42.5. The van der Waals surface area contributed by atoms with Crippen molar-refractivity contribution in [1.82, 2.24) is 5.32 Å². The van der Waals surface area contributed by atoms with Gasteiger partial charge in [-0.05, 0) is 58.4 Å². The van der Waals surface area contributed by atoms with Gasteiger partial charge in [-0.25, -0.2) is 4.57 Å². The summed E-state index contributed by atoms with van der Waals surface area (Å²) in [5.74, 6) is -0.900. The first-order valence-electron chi connectivity index (χ1n) is 23.2. The lowest BCUT2D eigenvalue weighted by molar-refractivity contribution is -0.161. The maximum Gasteiger partial charge on any atom is 0.472 e. The molecule has 10 heteroatoms. The molecule has 0 amide bonds. The standard InChI is InChI=1S/C48H86NO8P/c1-4-6-8-10-12-14-16-18-20-22-23-25-26-28-30-32-34-36-38-40-47(50)54-44-46(45-56-58(52,53)55-43-42-49-3)57-48(51)41-39-37-35-33-31-29-27-24-21-19-17-15-13-11-9-7-5-2/h12,14,18,20,23,25,28,30,34,36,46,49H,4-11,13,15-17,19,21-22,24,26-27,29,31-33,35,37-45H2,1-3H3,(H,52,53)/b14-12-,20-18-,25-23-,30-28-,36-34-. The quantitative estimate of drug-likeness (QED) is 0.0268. The molecule has 0 aromatic heterocycles. The van der Waals surface area contributed by atoms with Crippen LogP contribution in [0.3, 0.4) is 0 Å². The van der Waals surface area contributed by atoms with Crippen molar-refractivity contribution in [3.8, 4) is 0 Å². The Balaban J connectivity index is 4.30. The summed E-state index contributed by atoms with van der Waals surface area (Å²) < 4.78 is 33.2. The molecule has 0 heterocycles. The zero-order valence-corrected chi connectivity index (χ0v) is 38.1. The highest BCUT2D eigenvalue weighted by Crippen LogP contribution is 2.43. The predicted molar refractivity (Wildman–Crippen MR) is 243 cm³/mol. The number of ether oxygens (including phenoxy) is 2. The van der Waals surface area contributed by atoms with Gasteiger partial charge in [0.2, 0.25) is 0 Å². The first-order valence-corrected chi connectivity index (χ1v) is 24.7. The number of hydrogen-bond donors (Lipinski definition) is 2. The molecule has 0 saturated carbocycles. The maximum absolute atomic E-state index is 12.6.